The van der Waals surface area contributed by atoms with Crippen LogP contribution in [0.2, 0.25) is 0 Å². The van der Waals surface area contributed by atoms with Crippen LogP contribution in [0.25, 0.3) is 11.1 Å². The van der Waals surface area contributed by atoms with Crippen LogP contribution in [0.1, 0.15) is 22.8 Å². The first-order chi connectivity index (χ1) is 10.2. The van der Waals surface area contributed by atoms with E-state index in [0.717, 1.165) is 22.2 Å². The molecule has 2 aromatic carbocycles. The number of fused-ring (bicyclic) bond motifs is 1. The molecule has 0 aromatic heterocycles. The van der Waals surface area contributed by atoms with E-state index in [9.17, 15) is 9.82 Å². The molecule has 0 radical (unpaired) electrons. The van der Waals surface area contributed by atoms with Gasteiger partial charge >= 0.3 is 13.1 Å². The second-order valence-corrected chi connectivity index (χ2v) is 4.88. The summed E-state index contributed by atoms with van der Waals surface area (Å²) < 4.78 is 10.2. The van der Waals surface area contributed by atoms with E-state index in [1.54, 1.807) is 13.0 Å². The highest BCUT2D eigenvalue weighted by Crippen LogP contribution is 2.23. The molecule has 0 unspecified atom stereocenters. The van der Waals surface area contributed by atoms with Crippen LogP contribution in [-0.4, -0.2) is 24.7 Å². The highest BCUT2D eigenvalue weighted by Gasteiger charge is 2.27. The molecule has 0 bridgehead atoms. The molecule has 0 amide bonds. The molecule has 1 N–H and O–H groups in total. The smallest absolute Gasteiger partial charge is 0.462 e. The molecular weight excluding hydrogens is 267 g/mol. The van der Waals surface area contributed by atoms with Gasteiger partial charge in [0.15, 0.2) is 0 Å². The zero-order valence-electron chi connectivity index (χ0n) is 11.7. The van der Waals surface area contributed by atoms with Gasteiger partial charge < -0.3 is 14.4 Å². The van der Waals surface area contributed by atoms with Gasteiger partial charge in [0.1, 0.15) is 0 Å². The molecule has 0 saturated carbocycles. The molecule has 4 nitrogen and oxygen atoms in total. The molecule has 5 heteroatoms. The van der Waals surface area contributed by atoms with Crippen molar-refractivity contribution in [2.24, 2.45) is 0 Å². The summed E-state index contributed by atoms with van der Waals surface area (Å²) in [6.45, 7) is 2.55. The van der Waals surface area contributed by atoms with Crippen molar-refractivity contribution in [3.8, 4) is 11.1 Å². The second-order valence-electron chi connectivity index (χ2n) is 4.88. The predicted octanol–water partition coefficient (Wildman–Crippen LogP) is 1.75. The topological polar surface area (TPSA) is 55.8 Å². The predicted molar refractivity (Wildman–Crippen MR) is 80.2 cm³/mol. The van der Waals surface area contributed by atoms with Gasteiger partial charge in [-0.05, 0) is 47.3 Å². The lowest BCUT2D eigenvalue weighted by Gasteiger charge is -2.07. The van der Waals surface area contributed by atoms with Crippen LogP contribution in [0, 0.1) is 0 Å². The largest absolute Gasteiger partial charge is 0.491 e. The minimum absolute atomic E-state index is 0.320. The quantitative estimate of drug-likeness (QED) is 0.688. The van der Waals surface area contributed by atoms with Crippen molar-refractivity contribution in [1.29, 1.82) is 0 Å². The van der Waals surface area contributed by atoms with Crippen LogP contribution in [0.4, 0.5) is 0 Å². The van der Waals surface area contributed by atoms with E-state index in [4.69, 9.17) is 9.39 Å². The third-order valence-corrected chi connectivity index (χ3v) is 3.51. The normalized spacial score (nSPS) is 13.1. The number of carbonyl (C=O) groups is 1. The van der Waals surface area contributed by atoms with E-state index in [1.165, 1.54) is 0 Å². The average Bonchev–Trinajstić information content (AvgIpc) is 2.88. The molecule has 106 valence electrons. The number of hydrogen-bond acceptors (Lipinski definition) is 4. The molecule has 1 heterocycles. The summed E-state index contributed by atoms with van der Waals surface area (Å²) in [7, 11) is -0.833. The first-order valence-electron chi connectivity index (χ1n) is 6.89. The SMILES string of the molecule is CCOC(=O)c1cccc(-c2ccc3c(c2)COB3O)c1. The van der Waals surface area contributed by atoms with Crippen molar-refractivity contribution in [3.63, 3.8) is 0 Å². The summed E-state index contributed by atoms with van der Waals surface area (Å²) in [5.74, 6) is -0.320. The van der Waals surface area contributed by atoms with Gasteiger partial charge in [0.05, 0.1) is 18.8 Å². The van der Waals surface area contributed by atoms with Crippen LogP contribution < -0.4 is 5.46 Å². The summed E-state index contributed by atoms with van der Waals surface area (Å²) in [5, 5.41) is 9.64. The van der Waals surface area contributed by atoms with Crippen LogP contribution in [-0.2, 0) is 16.0 Å². The number of ether oxygens (including phenoxy) is 1. The van der Waals surface area contributed by atoms with Gasteiger partial charge in [0.2, 0.25) is 0 Å². The van der Waals surface area contributed by atoms with Crippen molar-refractivity contribution in [1.82, 2.24) is 0 Å². The maximum atomic E-state index is 11.8. The fraction of sp³-hybridized carbons (Fsp3) is 0.188. The lowest BCUT2D eigenvalue weighted by atomic mass is 9.79. The summed E-state index contributed by atoms with van der Waals surface area (Å²) in [4.78, 5) is 11.8. The Kier molecular flexibility index (Phi) is 3.77. The number of carbonyl (C=O) groups excluding carboxylic acids is 1. The van der Waals surface area contributed by atoms with E-state index in [0.29, 0.717) is 18.8 Å². The molecule has 3 rings (SSSR count). The summed E-state index contributed by atoms with van der Waals surface area (Å²) >= 11 is 0. The molecule has 0 fully saturated rings. The van der Waals surface area contributed by atoms with Crippen molar-refractivity contribution in [2.45, 2.75) is 13.5 Å². The van der Waals surface area contributed by atoms with Gasteiger partial charge in [-0.2, -0.15) is 0 Å². The monoisotopic (exact) mass is 282 g/mol. The number of esters is 1. The zero-order chi connectivity index (χ0) is 14.8. The molecule has 0 saturated heterocycles. The van der Waals surface area contributed by atoms with Crippen molar-refractivity contribution < 1.29 is 19.2 Å². The minimum atomic E-state index is -0.833. The van der Waals surface area contributed by atoms with E-state index < -0.39 is 7.12 Å². The fourth-order valence-corrected chi connectivity index (χ4v) is 2.45. The Morgan fingerprint density at radius 1 is 1.29 bits per heavy atom. The first-order valence-corrected chi connectivity index (χ1v) is 6.89. The van der Waals surface area contributed by atoms with Gasteiger partial charge in [-0.15, -0.1) is 0 Å². The van der Waals surface area contributed by atoms with Gasteiger partial charge in [-0.1, -0.05) is 24.3 Å². The highest BCUT2D eigenvalue weighted by molar-refractivity contribution is 6.61. The van der Waals surface area contributed by atoms with Crippen molar-refractivity contribution in [3.05, 3.63) is 53.6 Å². The Hall–Kier alpha value is -2.11. The van der Waals surface area contributed by atoms with Gasteiger partial charge in [-0.25, -0.2) is 4.79 Å². The highest BCUT2D eigenvalue weighted by atomic mass is 16.5. The Morgan fingerprint density at radius 2 is 2.10 bits per heavy atom. The summed E-state index contributed by atoms with van der Waals surface area (Å²) in [6, 6.07) is 13.1. The minimum Gasteiger partial charge on any atom is -0.462 e. The summed E-state index contributed by atoms with van der Waals surface area (Å²) in [5.41, 5.74) is 4.23. The van der Waals surface area contributed by atoms with Crippen LogP contribution >= 0.6 is 0 Å². The molecular formula is C16H15BO4. The Labute approximate surface area is 123 Å². The maximum absolute atomic E-state index is 11.8. The second kappa shape index (κ2) is 5.72. The summed E-state index contributed by atoms with van der Waals surface area (Å²) in [6.07, 6.45) is 0. The lowest BCUT2D eigenvalue weighted by Crippen LogP contribution is -2.27. The Bertz CT molecular complexity index is 684. The molecule has 2 aromatic rings. The van der Waals surface area contributed by atoms with Crippen LogP contribution in [0.15, 0.2) is 42.5 Å². The third kappa shape index (κ3) is 2.70. The van der Waals surface area contributed by atoms with E-state index in [2.05, 4.69) is 0 Å². The zero-order valence-corrected chi connectivity index (χ0v) is 11.7. The number of benzene rings is 2. The van der Waals surface area contributed by atoms with Gasteiger partial charge in [0.25, 0.3) is 0 Å². The molecule has 0 spiro atoms. The first kappa shape index (κ1) is 13.9. The van der Waals surface area contributed by atoms with E-state index in [-0.39, 0.29) is 5.97 Å². The molecule has 1 aliphatic rings. The van der Waals surface area contributed by atoms with E-state index >= 15 is 0 Å². The third-order valence-electron chi connectivity index (χ3n) is 3.51. The Balaban J connectivity index is 1.94. The van der Waals surface area contributed by atoms with Crippen LogP contribution in [0.3, 0.4) is 0 Å². The van der Waals surface area contributed by atoms with Crippen molar-refractivity contribution >= 4 is 18.6 Å². The van der Waals surface area contributed by atoms with Crippen LogP contribution in [0.5, 0.6) is 0 Å². The van der Waals surface area contributed by atoms with E-state index in [1.807, 2.05) is 36.4 Å². The molecule has 0 aliphatic carbocycles. The lowest BCUT2D eigenvalue weighted by molar-refractivity contribution is 0.0526. The molecule has 21 heavy (non-hydrogen) atoms. The van der Waals surface area contributed by atoms with Gasteiger partial charge in [0, 0.05) is 0 Å². The number of rotatable bonds is 3. The molecule has 1 aliphatic heterocycles. The number of hydrogen-bond donors (Lipinski definition) is 1. The Morgan fingerprint density at radius 3 is 2.90 bits per heavy atom. The maximum Gasteiger partial charge on any atom is 0.491 e. The molecule has 0 atom stereocenters. The fourth-order valence-electron chi connectivity index (χ4n) is 2.45. The van der Waals surface area contributed by atoms with Crippen molar-refractivity contribution in [2.75, 3.05) is 6.61 Å². The standard InChI is InChI=1S/C16H15BO4/c1-2-20-16(18)13-5-3-4-11(8-13)12-6-7-15-14(9-12)10-21-17(15)19/h3-9,19H,2,10H2,1H3. The van der Waals surface area contributed by atoms with Gasteiger partial charge in [-0.3, -0.25) is 0 Å². The average molecular weight is 282 g/mol.